The number of carbonyl (C=O) groups is 1. The van der Waals surface area contributed by atoms with E-state index in [0.29, 0.717) is 5.82 Å². The van der Waals surface area contributed by atoms with Crippen molar-refractivity contribution >= 4 is 21.8 Å². The number of hydrogen-bond donors (Lipinski definition) is 2. The van der Waals surface area contributed by atoms with Crippen molar-refractivity contribution in [2.45, 2.75) is 19.5 Å². The fourth-order valence-electron chi connectivity index (χ4n) is 1.49. The summed E-state index contributed by atoms with van der Waals surface area (Å²) in [6.07, 6.45) is 1.56. The fourth-order valence-corrected chi connectivity index (χ4v) is 1.86. The Kier molecular flexibility index (Phi) is 4.05. The molecule has 8 nitrogen and oxygen atoms in total. The lowest BCUT2D eigenvalue weighted by Crippen LogP contribution is -2.33. The number of aromatic amines is 1. The van der Waals surface area contributed by atoms with Crippen molar-refractivity contribution in [3.63, 3.8) is 0 Å². The predicted octanol–water partition coefficient (Wildman–Crippen LogP) is 0.00130. The van der Waals surface area contributed by atoms with Gasteiger partial charge in [0.2, 0.25) is 5.91 Å². The summed E-state index contributed by atoms with van der Waals surface area (Å²) in [6, 6.07) is 2.63. The van der Waals surface area contributed by atoms with Gasteiger partial charge in [-0.2, -0.15) is 5.21 Å². The number of H-pyrrole nitrogens is 1. The average Bonchev–Trinajstić information content (AvgIpc) is 2.87. The Bertz CT molecular complexity index is 623. The zero-order valence-electron chi connectivity index (χ0n) is 10.00. The number of nitrogens with zero attached hydrogens (tertiary/aromatic N) is 4. The number of tetrazole rings is 1. The summed E-state index contributed by atoms with van der Waals surface area (Å²) < 4.78 is 2.04. The second-order valence-corrected chi connectivity index (χ2v) is 4.79. The molecule has 0 aliphatic carbocycles. The molecule has 2 heterocycles. The first kappa shape index (κ1) is 13.4. The molecule has 0 aliphatic rings. The van der Waals surface area contributed by atoms with Crippen LogP contribution in [-0.4, -0.2) is 31.1 Å². The molecule has 100 valence electrons. The monoisotopic (exact) mass is 326 g/mol. The van der Waals surface area contributed by atoms with Crippen LogP contribution in [0.5, 0.6) is 0 Å². The average molecular weight is 327 g/mol. The normalized spacial score (nSPS) is 12.1. The quantitative estimate of drug-likeness (QED) is 0.822. The van der Waals surface area contributed by atoms with E-state index in [2.05, 4.69) is 41.9 Å². The molecule has 0 spiro atoms. The number of pyridine rings is 1. The highest BCUT2D eigenvalue weighted by molar-refractivity contribution is 9.10. The number of amides is 1. The van der Waals surface area contributed by atoms with Crippen molar-refractivity contribution in [3.8, 4) is 0 Å². The SMILES string of the molecule is CC(NC(=O)Cn1cc(Br)ccc1=O)c1nn[nH]n1. The van der Waals surface area contributed by atoms with E-state index < -0.39 is 0 Å². The van der Waals surface area contributed by atoms with Gasteiger partial charge in [-0.05, 0) is 28.9 Å². The Labute approximate surface area is 116 Å². The van der Waals surface area contributed by atoms with Gasteiger partial charge in [0.25, 0.3) is 5.56 Å². The second-order valence-electron chi connectivity index (χ2n) is 3.87. The molecule has 2 aromatic rings. The van der Waals surface area contributed by atoms with Crippen molar-refractivity contribution in [1.29, 1.82) is 0 Å². The first-order chi connectivity index (χ1) is 9.06. The third-order valence-corrected chi connectivity index (χ3v) is 2.86. The summed E-state index contributed by atoms with van der Waals surface area (Å²) >= 11 is 3.24. The van der Waals surface area contributed by atoms with Gasteiger partial charge in [0.1, 0.15) is 6.54 Å². The predicted molar refractivity (Wildman–Crippen MR) is 69.1 cm³/mol. The Morgan fingerprint density at radius 1 is 1.58 bits per heavy atom. The van der Waals surface area contributed by atoms with Crippen molar-refractivity contribution in [3.05, 3.63) is 39.0 Å². The standard InChI is InChI=1S/C10H11BrN6O2/c1-6(10-13-15-16-14-10)12-8(18)5-17-4-7(11)2-3-9(17)19/h2-4,6H,5H2,1H3,(H,12,18)(H,13,14,15,16). The number of halogens is 1. The third kappa shape index (κ3) is 3.47. The highest BCUT2D eigenvalue weighted by atomic mass is 79.9. The highest BCUT2D eigenvalue weighted by Gasteiger charge is 2.13. The molecule has 0 bridgehead atoms. The summed E-state index contributed by atoms with van der Waals surface area (Å²) in [4.78, 5) is 23.4. The first-order valence-corrected chi connectivity index (χ1v) is 6.24. The van der Waals surface area contributed by atoms with Crippen LogP contribution >= 0.6 is 15.9 Å². The van der Waals surface area contributed by atoms with Crippen LogP contribution in [0, 0.1) is 0 Å². The van der Waals surface area contributed by atoms with Crippen molar-refractivity contribution in [2.75, 3.05) is 0 Å². The Balaban J connectivity index is 2.02. The minimum atomic E-state index is -0.380. The molecule has 1 amide bonds. The van der Waals surface area contributed by atoms with E-state index in [1.807, 2.05) is 0 Å². The maximum absolute atomic E-state index is 11.8. The lowest BCUT2D eigenvalue weighted by Gasteiger charge is -2.11. The molecule has 0 saturated carbocycles. The van der Waals surface area contributed by atoms with Gasteiger partial charge in [-0.3, -0.25) is 9.59 Å². The molecule has 0 aromatic carbocycles. The number of carbonyl (C=O) groups excluding carboxylic acids is 1. The Morgan fingerprint density at radius 3 is 3.05 bits per heavy atom. The van der Waals surface area contributed by atoms with Gasteiger partial charge in [0.15, 0.2) is 5.82 Å². The Morgan fingerprint density at radius 2 is 2.37 bits per heavy atom. The molecule has 0 fully saturated rings. The highest BCUT2D eigenvalue weighted by Crippen LogP contribution is 2.05. The second kappa shape index (κ2) is 5.74. The maximum Gasteiger partial charge on any atom is 0.251 e. The van der Waals surface area contributed by atoms with Gasteiger partial charge in [-0.15, -0.1) is 10.2 Å². The lowest BCUT2D eigenvalue weighted by molar-refractivity contribution is -0.122. The van der Waals surface area contributed by atoms with Crippen molar-refractivity contribution in [1.82, 2.24) is 30.5 Å². The van der Waals surface area contributed by atoms with Gasteiger partial charge in [0, 0.05) is 16.7 Å². The molecule has 1 unspecified atom stereocenters. The number of aromatic nitrogens is 5. The van der Waals surface area contributed by atoms with Gasteiger partial charge in [0.05, 0.1) is 6.04 Å². The van der Waals surface area contributed by atoms with Crippen LogP contribution in [0.4, 0.5) is 0 Å². The van der Waals surface area contributed by atoms with E-state index in [1.54, 1.807) is 19.2 Å². The smallest absolute Gasteiger partial charge is 0.251 e. The summed E-state index contributed by atoms with van der Waals surface area (Å²) in [6.45, 7) is 1.66. The van der Waals surface area contributed by atoms with Gasteiger partial charge < -0.3 is 9.88 Å². The summed E-state index contributed by atoms with van der Waals surface area (Å²) in [7, 11) is 0. The molecule has 19 heavy (non-hydrogen) atoms. The van der Waals surface area contributed by atoms with Crippen LogP contribution in [-0.2, 0) is 11.3 Å². The van der Waals surface area contributed by atoms with E-state index in [4.69, 9.17) is 0 Å². The summed E-state index contributed by atoms with van der Waals surface area (Å²) in [5.41, 5.74) is -0.245. The van der Waals surface area contributed by atoms with Crippen LogP contribution in [0.15, 0.2) is 27.6 Å². The fraction of sp³-hybridized carbons (Fsp3) is 0.300. The summed E-state index contributed by atoms with van der Waals surface area (Å²) in [5.74, 6) is 0.0763. The number of rotatable bonds is 4. The molecule has 2 aromatic heterocycles. The van der Waals surface area contributed by atoms with E-state index in [0.717, 1.165) is 4.47 Å². The van der Waals surface area contributed by atoms with E-state index in [1.165, 1.54) is 10.6 Å². The molecule has 9 heteroatoms. The van der Waals surface area contributed by atoms with Crippen LogP contribution < -0.4 is 10.9 Å². The molecule has 2 rings (SSSR count). The summed E-state index contributed by atoms with van der Waals surface area (Å²) in [5, 5.41) is 15.9. The van der Waals surface area contributed by atoms with E-state index >= 15 is 0 Å². The minimum Gasteiger partial charge on any atom is -0.345 e. The van der Waals surface area contributed by atoms with E-state index in [-0.39, 0.29) is 24.1 Å². The molecular formula is C10H11BrN6O2. The van der Waals surface area contributed by atoms with Crippen LogP contribution in [0.2, 0.25) is 0 Å². The topological polar surface area (TPSA) is 106 Å². The molecule has 0 saturated heterocycles. The van der Waals surface area contributed by atoms with Gasteiger partial charge >= 0.3 is 0 Å². The zero-order valence-corrected chi connectivity index (χ0v) is 11.6. The van der Waals surface area contributed by atoms with Crippen LogP contribution in [0.1, 0.15) is 18.8 Å². The van der Waals surface area contributed by atoms with Crippen LogP contribution in [0.25, 0.3) is 0 Å². The van der Waals surface area contributed by atoms with Crippen molar-refractivity contribution < 1.29 is 4.79 Å². The number of nitrogens with one attached hydrogen (secondary N) is 2. The number of hydrogen-bond acceptors (Lipinski definition) is 5. The van der Waals surface area contributed by atoms with Crippen LogP contribution in [0.3, 0.4) is 0 Å². The molecule has 0 radical (unpaired) electrons. The van der Waals surface area contributed by atoms with Gasteiger partial charge in [-0.1, -0.05) is 5.21 Å². The molecule has 1 atom stereocenters. The molecule has 0 aliphatic heterocycles. The zero-order chi connectivity index (χ0) is 13.8. The van der Waals surface area contributed by atoms with Gasteiger partial charge in [-0.25, -0.2) is 0 Å². The largest absolute Gasteiger partial charge is 0.345 e. The minimum absolute atomic E-state index is 0.0690. The maximum atomic E-state index is 11.8. The Hall–Kier alpha value is -2.03. The molecule has 2 N–H and O–H groups in total. The van der Waals surface area contributed by atoms with Crippen molar-refractivity contribution in [2.24, 2.45) is 0 Å². The van der Waals surface area contributed by atoms with E-state index in [9.17, 15) is 9.59 Å². The molecular weight excluding hydrogens is 316 g/mol. The third-order valence-electron chi connectivity index (χ3n) is 2.39. The first-order valence-electron chi connectivity index (χ1n) is 5.45. The lowest BCUT2D eigenvalue weighted by atomic mass is 10.3.